The Morgan fingerprint density at radius 3 is 1.59 bits per heavy atom. The number of hydrogen-bond donors (Lipinski definition) is 0. The van der Waals surface area contributed by atoms with Gasteiger partial charge in [0.2, 0.25) is 5.60 Å². The molecule has 0 bridgehead atoms. The van der Waals surface area contributed by atoms with Crippen LogP contribution in [0.15, 0.2) is 10.2 Å². The van der Waals surface area contributed by atoms with Crippen LogP contribution in [0, 0.1) is 22.3 Å². The zero-order valence-corrected chi connectivity index (χ0v) is 19.4. The van der Waals surface area contributed by atoms with E-state index in [0.717, 1.165) is 0 Å². The second-order valence-electron chi connectivity index (χ2n) is 9.72. The van der Waals surface area contributed by atoms with Crippen LogP contribution in [0.3, 0.4) is 0 Å². The van der Waals surface area contributed by atoms with Crippen molar-refractivity contribution in [2.24, 2.45) is 22.1 Å². The molecule has 0 aromatic rings. The van der Waals surface area contributed by atoms with Crippen LogP contribution < -0.4 is 0 Å². The van der Waals surface area contributed by atoms with Gasteiger partial charge in [0.05, 0.1) is 0 Å². The molecule has 182 valence electrons. The highest BCUT2D eigenvalue weighted by molar-refractivity contribution is 5.66. The molecule has 0 aromatic heterocycles. The summed E-state index contributed by atoms with van der Waals surface area (Å²) in [5.74, 6) is -4.06. The van der Waals surface area contributed by atoms with E-state index in [9.17, 15) is 20.0 Å². The predicted molar refractivity (Wildman–Crippen MR) is 102 cm³/mol. The average molecular weight is 462 g/mol. The number of carbonyl (C=O) groups is 2. The van der Waals surface area contributed by atoms with Crippen molar-refractivity contribution in [2.75, 3.05) is 13.1 Å². The summed E-state index contributed by atoms with van der Waals surface area (Å²) >= 11 is 0. The molecule has 2 saturated heterocycles. The van der Waals surface area contributed by atoms with E-state index in [1.807, 2.05) is 0 Å². The average Bonchev–Trinajstić information content (AvgIpc) is 2.80. The minimum absolute atomic E-state index is 0.185. The summed E-state index contributed by atoms with van der Waals surface area (Å²) in [4.78, 5) is 43.7. The second kappa shape index (κ2) is 8.65. The number of ether oxygens (including phenoxy) is 2. The molecule has 0 aliphatic carbocycles. The quantitative estimate of drug-likeness (QED) is 0.188. The van der Waals surface area contributed by atoms with E-state index in [-0.39, 0.29) is 13.1 Å². The molecular weight excluding hydrogens is 432 g/mol. The molecule has 2 heterocycles. The lowest BCUT2D eigenvalue weighted by Gasteiger charge is -2.49. The van der Waals surface area contributed by atoms with E-state index in [0.29, 0.717) is 9.72 Å². The Morgan fingerprint density at radius 1 is 0.812 bits per heavy atom. The lowest BCUT2D eigenvalue weighted by atomic mass is 9.75. The third kappa shape index (κ3) is 4.85. The first-order valence-electron chi connectivity index (χ1n) is 10.0. The second-order valence-corrected chi connectivity index (χ2v) is 9.72. The summed E-state index contributed by atoms with van der Waals surface area (Å²) in [6, 6.07) is 0. The first-order chi connectivity index (χ1) is 14.5. The first-order valence-corrected chi connectivity index (χ1v) is 10.0. The predicted octanol–water partition coefficient (Wildman–Crippen LogP) is 3.37. The fraction of sp³-hybridized carbons (Fsp3) is 0.889. The molecule has 2 unspecified atom stereocenters. The summed E-state index contributed by atoms with van der Waals surface area (Å²) in [6.07, 6.45) is -2.50. The van der Waals surface area contributed by atoms with Gasteiger partial charge in [-0.3, -0.25) is 4.89 Å². The minimum Gasteiger partial charge on any atom is -0.600 e. The van der Waals surface area contributed by atoms with Gasteiger partial charge in [0, 0.05) is 53.4 Å². The van der Waals surface area contributed by atoms with Crippen LogP contribution in [0.2, 0.25) is 0 Å². The van der Waals surface area contributed by atoms with E-state index in [1.54, 1.807) is 55.4 Å². The van der Waals surface area contributed by atoms with E-state index in [2.05, 4.69) is 20.0 Å². The standard InChI is InChI=1S/C18H30N4O10/c1-11(9-19-21(25)15(3,4)5)17(12(2)10-20-22(26)16(6,7)8)18(27-13(23)28-18)32-30-14(24)29-31-17/h11-12H,9-10H2,1-8H3. The van der Waals surface area contributed by atoms with Crippen molar-refractivity contribution in [3.63, 3.8) is 0 Å². The molecule has 0 amide bonds. The number of carbonyl (C=O) groups excluding carboxylic acids is 2. The molecule has 2 aliphatic heterocycles. The molecule has 2 rings (SSSR count). The number of hydrogen-bond acceptors (Lipinski definition) is 12. The highest BCUT2D eigenvalue weighted by Gasteiger charge is 2.76. The highest BCUT2D eigenvalue weighted by atomic mass is 17.4. The number of rotatable bonds is 6. The molecule has 0 saturated carbocycles. The molecule has 0 N–H and O–H groups in total. The molecule has 2 aliphatic rings. The normalized spacial score (nSPS) is 26.1. The maximum atomic E-state index is 12.3. The molecule has 2 atom stereocenters. The molecule has 1 spiro atoms. The van der Waals surface area contributed by atoms with Crippen molar-refractivity contribution >= 4 is 12.3 Å². The number of nitrogens with zero attached hydrogens (tertiary/aromatic N) is 4. The van der Waals surface area contributed by atoms with Crippen molar-refractivity contribution in [3.05, 3.63) is 10.4 Å². The van der Waals surface area contributed by atoms with Crippen LogP contribution in [0.1, 0.15) is 55.4 Å². The Balaban J connectivity index is 2.49. The van der Waals surface area contributed by atoms with Gasteiger partial charge in [-0.05, 0) is 10.2 Å². The van der Waals surface area contributed by atoms with E-state index in [4.69, 9.17) is 19.2 Å². The van der Waals surface area contributed by atoms with Gasteiger partial charge in [-0.1, -0.05) is 28.5 Å². The SMILES string of the molecule is CC(CN=[N+]([O-])C(C)(C)C)C1(C(C)CN=[N+]([O-])C(C)(C)C)OOC(=O)OOC12OC(=O)O2. The van der Waals surface area contributed by atoms with Crippen LogP contribution >= 0.6 is 0 Å². The summed E-state index contributed by atoms with van der Waals surface area (Å²) in [6.45, 7) is 12.8. The van der Waals surface area contributed by atoms with E-state index >= 15 is 0 Å². The van der Waals surface area contributed by atoms with Crippen molar-refractivity contribution in [1.82, 2.24) is 0 Å². The minimum atomic E-state index is -2.37. The zero-order valence-electron chi connectivity index (χ0n) is 19.4. The maximum Gasteiger partial charge on any atom is 0.573 e. The molecular formula is C18H30N4O10. The third-order valence-electron chi connectivity index (χ3n) is 4.96. The zero-order chi connectivity index (χ0) is 24.5. The van der Waals surface area contributed by atoms with Gasteiger partial charge in [0.15, 0.2) is 11.1 Å². The molecule has 14 nitrogen and oxygen atoms in total. The molecule has 32 heavy (non-hydrogen) atoms. The van der Waals surface area contributed by atoms with E-state index < -0.39 is 46.8 Å². The molecule has 2 fully saturated rings. The Morgan fingerprint density at radius 2 is 1.22 bits per heavy atom. The van der Waals surface area contributed by atoms with Gasteiger partial charge in [-0.2, -0.15) is 9.68 Å². The van der Waals surface area contributed by atoms with Crippen molar-refractivity contribution in [1.29, 1.82) is 0 Å². The Kier molecular flexibility index (Phi) is 6.90. The van der Waals surface area contributed by atoms with Gasteiger partial charge in [0.25, 0.3) is 0 Å². The largest absolute Gasteiger partial charge is 0.600 e. The Hall–Kier alpha value is -2.74. The van der Waals surface area contributed by atoms with Gasteiger partial charge < -0.3 is 19.9 Å². The summed E-state index contributed by atoms with van der Waals surface area (Å²) in [7, 11) is 0. The number of hydroxylamine groups is 2. The molecule has 0 radical (unpaired) electrons. The van der Waals surface area contributed by atoms with Gasteiger partial charge in [-0.25, -0.2) is 9.68 Å². The lowest BCUT2D eigenvalue weighted by molar-refractivity contribution is -0.602. The summed E-state index contributed by atoms with van der Waals surface area (Å²) in [5, 5.41) is 32.5. The van der Waals surface area contributed by atoms with Crippen LogP contribution in [-0.4, -0.2) is 57.8 Å². The lowest BCUT2D eigenvalue weighted by Crippen LogP contribution is -2.73. The smallest absolute Gasteiger partial charge is 0.573 e. The Labute approximate surface area is 185 Å². The first kappa shape index (κ1) is 25.5. The van der Waals surface area contributed by atoms with Crippen molar-refractivity contribution in [3.8, 4) is 0 Å². The number of azo groups is 2. The van der Waals surface area contributed by atoms with Crippen molar-refractivity contribution < 1.29 is 48.3 Å². The van der Waals surface area contributed by atoms with Crippen LogP contribution in [0.5, 0.6) is 0 Å². The third-order valence-corrected chi connectivity index (χ3v) is 4.96. The van der Waals surface area contributed by atoms with Crippen LogP contribution in [0.25, 0.3) is 0 Å². The monoisotopic (exact) mass is 462 g/mol. The van der Waals surface area contributed by atoms with E-state index in [1.165, 1.54) is 0 Å². The summed E-state index contributed by atoms with van der Waals surface area (Å²) in [5.41, 5.74) is -3.56. The Bertz CT molecular complexity index is 753. The van der Waals surface area contributed by atoms with Crippen molar-refractivity contribution in [2.45, 2.75) is 78.0 Å². The van der Waals surface area contributed by atoms with Crippen LogP contribution in [-0.2, 0) is 29.0 Å². The molecule has 14 heteroatoms. The fourth-order valence-electron chi connectivity index (χ4n) is 3.08. The van der Waals surface area contributed by atoms with Gasteiger partial charge >= 0.3 is 18.3 Å². The highest BCUT2D eigenvalue weighted by Crippen LogP contribution is 2.50. The van der Waals surface area contributed by atoms with Gasteiger partial charge in [0.1, 0.15) is 13.1 Å². The summed E-state index contributed by atoms with van der Waals surface area (Å²) < 4.78 is 10.1. The fourth-order valence-corrected chi connectivity index (χ4v) is 3.08. The topological polar surface area (TPSA) is 166 Å². The van der Waals surface area contributed by atoms with Crippen LogP contribution in [0.4, 0.5) is 9.59 Å². The maximum absolute atomic E-state index is 12.3. The molecule has 0 aromatic carbocycles. The van der Waals surface area contributed by atoms with Gasteiger partial charge in [-0.15, -0.1) is 0 Å².